The maximum Gasteiger partial charge on any atom is 0.246 e. The van der Waals surface area contributed by atoms with Crippen LogP contribution in [-0.4, -0.2) is 29.9 Å². The molecule has 1 amide bonds. The summed E-state index contributed by atoms with van der Waals surface area (Å²) in [4.78, 5) is 13.8. The van der Waals surface area contributed by atoms with E-state index in [0.29, 0.717) is 6.54 Å². The number of hydrogen-bond acceptors (Lipinski definition) is 2. The fraction of sp³-hybridized carbons (Fsp3) is 0.357. The summed E-state index contributed by atoms with van der Waals surface area (Å²) < 4.78 is 1.04. The highest BCUT2D eigenvalue weighted by atomic mass is 79.9. The van der Waals surface area contributed by atoms with E-state index in [1.807, 2.05) is 35.2 Å². The van der Waals surface area contributed by atoms with Crippen LogP contribution in [-0.2, 0) is 4.79 Å². The Morgan fingerprint density at radius 2 is 2.11 bits per heavy atom. The molecule has 0 saturated carbocycles. The van der Waals surface area contributed by atoms with Crippen molar-refractivity contribution in [2.24, 2.45) is 5.73 Å². The lowest BCUT2D eigenvalue weighted by molar-refractivity contribution is -0.127. The van der Waals surface area contributed by atoms with Gasteiger partial charge in [0.15, 0.2) is 0 Å². The molecule has 2 rings (SSSR count). The fourth-order valence-corrected chi connectivity index (χ4v) is 2.32. The quantitative estimate of drug-likeness (QED) is 0.853. The van der Waals surface area contributed by atoms with Gasteiger partial charge < -0.3 is 10.6 Å². The molecule has 0 aromatic heterocycles. The Labute approximate surface area is 116 Å². The molecular formula is C14H17BrN2O. The Hall–Kier alpha value is -1.13. The molecular weight excluding hydrogens is 292 g/mol. The van der Waals surface area contributed by atoms with Crippen molar-refractivity contribution in [2.75, 3.05) is 13.1 Å². The fourth-order valence-electron chi connectivity index (χ4n) is 2.06. The summed E-state index contributed by atoms with van der Waals surface area (Å²) in [5.74, 6) is 0.0491. The van der Waals surface area contributed by atoms with E-state index in [1.165, 1.54) is 0 Å². The number of halogens is 1. The van der Waals surface area contributed by atoms with E-state index in [0.717, 1.165) is 29.4 Å². The highest BCUT2D eigenvalue weighted by Crippen LogP contribution is 2.12. The van der Waals surface area contributed by atoms with Crippen molar-refractivity contribution in [3.8, 4) is 0 Å². The van der Waals surface area contributed by atoms with Crippen LogP contribution in [0.2, 0.25) is 0 Å². The van der Waals surface area contributed by atoms with Gasteiger partial charge in [0.1, 0.15) is 0 Å². The zero-order valence-electron chi connectivity index (χ0n) is 10.2. The predicted octanol–water partition coefficient (Wildman–Crippen LogP) is 2.41. The molecule has 0 bridgehead atoms. The Kier molecular flexibility index (Phi) is 4.55. The standard InChI is InChI=1S/C14H17BrN2O/c15-12-6-3-11(4-7-12)5-8-14(18)17-9-1-2-13(16)10-17/h3-8,13H,1-2,9-10,16H2/b8-5+. The molecule has 96 valence electrons. The van der Waals surface area contributed by atoms with Gasteiger partial charge in [0.25, 0.3) is 0 Å². The first kappa shape index (κ1) is 13.3. The van der Waals surface area contributed by atoms with Crippen molar-refractivity contribution in [3.05, 3.63) is 40.4 Å². The van der Waals surface area contributed by atoms with Gasteiger partial charge in [0.2, 0.25) is 5.91 Å². The molecule has 1 fully saturated rings. The average molecular weight is 309 g/mol. The summed E-state index contributed by atoms with van der Waals surface area (Å²) >= 11 is 3.38. The third-order valence-electron chi connectivity index (χ3n) is 3.06. The van der Waals surface area contributed by atoms with Crippen molar-refractivity contribution in [1.29, 1.82) is 0 Å². The topological polar surface area (TPSA) is 46.3 Å². The maximum atomic E-state index is 12.0. The number of nitrogens with zero attached hydrogens (tertiary/aromatic N) is 1. The smallest absolute Gasteiger partial charge is 0.246 e. The molecule has 1 saturated heterocycles. The molecule has 1 unspecified atom stereocenters. The monoisotopic (exact) mass is 308 g/mol. The number of amides is 1. The molecule has 0 aliphatic carbocycles. The van der Waals surface area contributed by atoms with Gasteiger partial charge in [-0.1, -0.05) is 28.1 Å². The Morgan fingerprint density at radius 1 is 1.39 bits per heavy atom. The summed E-state index contributed by atoms with van der Waals surface area (Å²) in [6, 6.07) is 7.98. The summed E-state index contributed by atoms with van der Waals surface area (Å²) in [5, 5.41) is 0. The van der Waals surface area contributed by atoms with Crippen LogP contribution < -0.4 is 5.73 Å². The zero-order valence-corrected chi connectivity index (χ0v) is 11.8. The summed E-state index contributed by atoms with van der Waals surface area (Å²) in [7, 11) is 0. The van der Waals surface area contributed by atoms with Crippen LogP contribution in [0.15, 0.2) is 34.8 Å². The number of benzene rings is 1. The largest absolute Gasteiger partial charge is 0.338 e. The maximum absolute atomic E-state index is 12.0. The normalized spacial score (nSPS) is 20.3. The molecule has 1 aliphatic rings. The molecule has 1 aromatic rings. The number of nitrogens with two attached hydrogens (primary N) is 1. The van der Waals surface area contributed by atoms with Gasteiger partial charge in [0, 0.05) is 29.7 Å². The van der Waals surface area contributed by atoms with Crippen LogP contribution in [0.4, 0.5) is 0 Å². The van der Waals surface area contributed by atoms with E-state index < -0.39 is 0 Å². The van der Waals surface area contributed by atoms with Crippen LogP contribution in [0.1, 0.15) is 18.4 Å². The highest BCUT2D eigenvalue weighted by Gasteiger charge is 2.19. The average Bonchev–Trinajstić information content (AvgIpc) is 2.38. The van der Waals surface area contributed by atoms with Crippen molar-refractivity contribution >= 4 is 27.9 Å². The highest BCUT2D eigenvalue weighted by molar-refractivity contribution is 9.10. The van der Waals surface area contributed by atoms with Crippen molar-refractivity contribution in [3.63, 3.8) is 0 Å². The van der Waals surface area contributed by atoms with E-state index in [2.05, 4.69) is 15.9 Å². The lowest BCUT2D eigenvalue weighted by Gasteiger charge is -2.29. The molecule has 2 N–H and O–H groups in total. The molecule has 1 heterocycles. The lowest BCUT2D eigenvalue weighted by Crippen LogP contribution is -2.45. The van der Waals surface area contributed by atoms with E-state index in [-0.39, 0.29) is 11.9 Å². The number of rotatable bonds is 2. The summed E-state index contributed by atoms with van der Waals surface area (Å²) in [5.41, 5.74) is 6.88. The first-order valence-electron chi connectivity index (χ1n) is 6.13. The van der Waals surface area contributed by atoms with Crippen LogP contribution in [0, 0.1) is 0 Å². The van der Waals surface area contributed by atoms with Crippen molar-refractivity contribution in [2.45, 2.75) is 18.9 Å². The molecule has 1 atom stereocenters. The van der Waals surface area contributed by atoms with Crippen LogP contribution >= 0.6 is 15.9 Å². The Bertz CT molecular complexity index is 442. The molecule has 18 heavy (non-hydrogen) atoms. The zero-order chi connectivity index (χ0) is 13.0. The molecule has 0 spiro atoms. The van der Waals surface area contributed by atoms with E-state index in [1.54, 1.807) is 6.08 Å². The number of carbonyl (C=O) groups excluding carboxylic acids is 1. The van der Waals surface area contributed by atoms with Gasteiger partial charge >= 0.3 is 0 Å². The van der Waals surface area contributed by atoms with Gasteiger partial charge in [-0.2, -0.15) is 0 Å². The minimum absolute atomic E-state index is 0.0491. The van der Waals surface area contributed by atoms with Gasteiger partial charge in [-0.05, 0) is 36.6 Å². The number of carbonyl (C=O) groups is 1. The third kappa shape index (κ3) is 3.68. The molecule has 0 radical (unpaired) electrons. The minimum atomic E-state index is 0.0491. The van der Waals surface area contributed by atoms with Gasteiger partial charge in [-0.25, -0.2) is 0 Å². The second kappa shape index (κ2) is 6.16. The first-order chi connectivity index (χ1) is 8.65. The second-order valence-electron chi connectivity index (χ2n) is 4.57. The van der Waals surface area contributed by atoms with Crippen molar-refractivity contribution < 1.29 is 4.79 Å². The Balaban J connectivity index is 1.96. The summed E-state index contributed by atoms with van der Waals surface area (Å²) in [6.45, 7) is 1.49. The van der Waals surface area contributed by atoms with Gasteiger partial charge in [-0.3, -0.25) is 4.79 Å². The van der Waals surface area contributed by atoms with Gasteiger partial charge in [-0.15, -0.1) is 0 Å². The van der Waals surface area contributed by atoms with Gasteiger partial charge in [0.05, 0.1) is 0 Å². The molecule has 1 aromatic carbocycles. The summed E-state index contributed by atoms with van der Waals surface area (Å²) in [6.07, 6.45) is 5.48. The van der Waals surface area contributed by atoms with E-state index in [4.69, 9.17) is 5.73 Å². The van der Waals surface area contributed by atoms with Crippen molar-refractivity contribution in [1.82, 2.24) is 4.90 Å². The third-order valence-corrected chi connectivity index (χ3v) is 3.59. The molecule has 1 aliphatic heterocycles. The predicted molar refractivity (Wildman–Crippen MR) is 77.0 cm³/mol. The molecule has 4 heteroatoms. The SMILES string of the molecule is NC1CCCN(C(=O)/C=C/c2ccc(Br)cc2)C1. The Morgan fingerprint density at radius 3 is 2.78 bits per heavy atom. The minimum Gasteiger partial charge on any atom is -0.338 e. The number of hydrogen-bond donors (Lipinski definition) is 1. The second-order valence-corrected chi connectivity index (χ2v) is 5.49. The lowest BCUT2D eigenvalue weighted by atomic mass is 10.1. The number of likely N-dealkylation sites (tertiary alicyclic amines) is 1. The van der Waals surface area contributed by atoms with Crippen LogP contribution in [0.5, 0.6) is 0 Å². The first-order valence-corrected chi connectivity index (χ1v) is 6.92. The van der Waals surface area contributed by atoms with E-state index >= 15 is 0 Å². The van der Waals surface area contributed by atoms with Crippen LogP contribution in [0.25, 0.3) is 6.08 Å². The van der Waals surface area contributed by atoms with E-state index in [9.17, 15) is 4.79 Å². The number of piperidine rings is 1. The van der Waals surface area contributed by atoms with Crippen LogP contribution in [0.3, 0.4) is 0 Å². The molecule has 3 nitrogen and oxygen atoms in total.